The number of carbonyl (C=O) groups is 1. The monoisotopic (exact) mass is 410 g/mol. The number of amides is 1. The van der Waals surface area contributed by atoms with E-state index in [4.69, 9.17) is 9.88 Å². The average molecular weight is 410 g/mol. The first-order chi connectivity index (χ1) is 13.8. The molecule has 1 atom stereocenters. The highest BCUT2D eigenvalue weighted by Gasteiger charge is 2.15. The number of rotatable bonds is 7. The van der Waals surface area contributed by atoms with Crippen LogP contribution in [0.4, 0.5) is 0 Å². The van der Waals surface area contributed by atoms with Gasteiger partial charge in [0, 0.05) is 5.56 Å². The van der Waals surface area contributed by atoms with Gasteiger partial charge in [-0.1, -0.05) is 48.5 Å². The summed E-state index contributed by atoms with van der Waals surface area (Å²) in [6.07, 6.45) is 0. The first-order valence-electron chi connectivity index (χ1n) is 9.03. The van der Waals surface area contributed by atoms with Gasteiger partial charge in [-0.2, -0.15) is 0 Å². The van der Waals surface area contributed by atoms with Crippen LogP contribution in [0.25, 0.3) is 0 Å². The van der Waals surface area contributed by atoms with Gasteiger partial charge in [0.05, 0.1) is 10.9 Å². The molecule has 3 aromatic rings. The van der Waals surface area contributed by atoms with Crippen LogP contribution in [0, 0.1) is 0 Å². The van der Waals surface area contributed by atoms with Gasteiger partial charge in [-0.05, 0) is 48.4 Å². The van der Waals surface area contributed by atoms with Crippen molar-refractivity contribution in [1.82, 2.24) is 5.32 Å². The molecular weight excluding hydrogens is 388 g/mol. The average Bonchev–Trinajstić information content (AvgIpc) is 2.72. The van der Waals surface area contributed by atoms with Crippen LogP contribution in [0.5, 0.6) is 5.75 Å². The highest BCUT2D eigenvalue weighted by atomic mass is 32.2. The van der Waals surface area contributed by atoms with Gasteiger partial charge in [0.15, 0.2) is 0 Å². The molecule has 0 aliphatic rings. The van der Waals surface area contributed by atoms with Gasteiger partial charge in [0.1, 0.15) is 12.4 Å². The molecule has 7 heteroatoms. The van der Waals surface area contributed by atoms with E-state index in [0.717, 1.165) is 5.56 Å². The van der Waals surface area contributed by atoms with Crippen LogP contribution in [0.2, 0.25) is 0 Å². The molecule has 1 unspecified atom stereocenters. The maximum atomic E-state index is 12.6. The number of nitrogens with two attached hydrogens (primary N) is 1. The molecule has 150 valence electrons. The predicted molar refractivity (Wildman–Crippen MR) is 111 cm³/mol. The van der Waals surface area contributed by atoms with Crippen LogP contribution < -0.4 is 15.2 Å². The molecule has 3 N–H and O–H groups in total. The number of primary sulfonamides is 1. The predicted octanol–water partition coefficient (Wildman–Crippen LogP) is 3.40. The molecule has 6 nitrogen and oxygen atoms in total. The number of ether oxygens (including phenoxy) is 1. The minimum atomic E-state index is -3.80. The van der Waals surface area contributed by atoms with Gasteiger partial charge < -0.3 is 10.1 Å². The van der Waals surface area contributed by atoms with Gasteiger partial charge in [-0.3, -0.25) is 4.79 Å². The lowest BCUT2D eigenvalue weighted by Crippen LogP contribution is -2.26. The topological polar surface area (TPSA) is 98.5 Å². The van der Waals surface area contributed by atoms with E-state index in [2.05, 4.69) is 5.32 Å². The highest BCUT2D eigenvalue weighted by Crippen LogP contribution is 2.19. The van der Waals surface area contributed by atoms with Crippen LogP contribution in [-0.2, 0) is 16.6 Å². The Labute approximate surface area is 170 Å². The molecule has 1 amide bonds. The molecule has 3 aromatic carbocycles. The van der Waals surface area contributed by atoms with Crippen molar-refractivity contribution in [2.24, 2.45) is 5.14 Å². The van der Waals surface area contributed by atoms with Crippen LogP contribution in [0.15, 0.2) is 83.8 Å². The number of sulfonamides is 1. The second-order valence-corrected chi connectivity index (χ2v) is 8.18. The van der Waals surface area contributed by atoms with E-state index in [1.807, 2.05) is 30.3 Å². The first-order valence-corrected chi connectivity index (χ1v) is 10.6. The fourth-order valence-electron chi connectivity index (χ4n) is 2.79. The Morgan fingerprint density at radius 1 is 1.00 bits per heavy atom. The normalized spacial score (nSPS) is 12.2. The van der Waals surface area contributed by atoms with E-state index >= 15 is 0 Å². The smallest absolute Gasteiger partial charge is 0.251 e. The molecule has 0 radical (unpaired) electrons. The molecule has 0 aliphatic heterocycles. The van der Waals surface area contributed by atoms with Crippen molar-refractivity contribution in [1.29, 1.82) is 0 Å². The zero-order chi connectivity index (χ0) is 20.9. The molecule has 0 fully saturated rings. The van der Waals surface area contributed by atoms with E-state index in [1.165, 1.54) is 12.1 Å². The lowest BCUT2D eigenvalue weighted by molar-refractivity contribution is 0.0939. The summed E-state index contributed by atoms with van der Waals surface area (Å²) < 4.78 is 28.8. The van der Waals surface area contributed by atoms with Crippen molar-refractivity contribution in [2.45, 2.75) is 24.5 Å². The summed E-state index contributed by atoms with van der Waals surface area (Å²) >= 11 is 0. The number of carbonyl (C=O) groups excluding carboxylic acids is 1. The zero-order valence-corrected chi connectivity index (χ0v) is 16.7. The largest absolute Gasteiger partial charge is 0.489 e. The number of hydrogen-bond donors (Lipinski definition) is 2. The van der Waals surface area contributed by atoms with E-state index in [1.54, 1.807) is 43.3 Å². The lowest BCUT2D eigenvalue weighted by Gasteiger charge is -2.15. The maximum absolute atomic E-state index is 12.6. The lowest BCUT2D eigenvalue weighted by atomic mass is 10.1. The second-order valence-electron chi connectivity index (χ2n) is 6.61. The van der Waals surface area contributed by atoms with Crippen LogP contribution >= 0.6 is 0 Å². The van der Waals surface area contributed by atoms with Gasteiger partial charge in [-0.25, -0.2) is 13.6 Å². The molecule has 0 aromatic heterocycles. The summed E-state index contributed by atoms with van der Waals surface area (Å²) in [6, 6.07) is 22.5. The van der Waals surface area contributed by atoms with Crippen LogP contribution in [0.1, 0.15) is 34.5 Å². The minimum absolute atomic E-state index is 0.00686. The number of benzene rings is 3. The van der Waals surface area contributed by atoms with E-state index in [9.17, 15) is 13.2 Å². The fourth-order valence-corrected chi connectivity index (χ4v) is 3.36. The summed E-state index contributed by atoms with van der Waals surface area (Å²) in [7, 11) is -3.80. The van der Waals surface area contributed by atoms with Crippen LogP contribution in [-0.4, -0.2) is 14.3 Å². The summed E-state index contributed by atoms with van der Waals surface area (Å²) in [4.78, 5) is 12.6. The van der Waals surface area contributed by atoms with Gasteiger partial charge in [0.25, 0.3) is 5.91 Å². The van der Waals surface area contributed by atoms with Crippen molar-refractivity contribution in [3.05, 3.63) is 95.6 Å². The Kier molecular flexibility index (Phi) is 6.31. The Hall–Kier alpha value is -3.16. The molecule has 29 heavy (non-hydrogen) atoms. The van der Waals surface area contributed by atoms with Crippen molar-refractivity contribution in [3.63, 3.8) is 0 Å². The Bertz CT molecular complexity index is 1100. The third kappa shape index (κ3) is 5.66. The van der Waals surface area contributed by atoms with E-state index in [0.29, 0.717) is 23.5 Å². The second kappa shape index (κ2) is 8.89. The summed E-state index contributed by atoms with van der Waals surface area (Å²) in [5.41, 5.74) is 2.12. The summed E-state index contributed by atoms with van der Waals surface area (Å²) in [5, 5.41) is 8.04. The SMILES string of the molecule is CC(NC(=O)c1cccc(OCc2ccccc2)c1)c1cccc(S(N)(=O)=O)c1. The summed E-state index contributed by atoms with van der Waals surface area (Å²) in [5.74, 6) is 0.300. The molecule has 0 spiro atoms. The van der Waals surface area contributed by atoms with Crippen molar-refractivity contribution in [2.75, 3.05) is 0 Å². The number of hydrogen-bond acceptors (Lipinski definition) is 4. The van der Waals surface area contributed by atoms with E-state index < -0.39 is 16.1 Å². The Morgan fingerprint density at radius 2 is 1.72 bits per heavy atom. The van der Waals surface area contributed by atoms with Crippen molar-refractivity contribution in [3.8, 4) is 5.75 Å². The first kappa shape index (κ1) is 20.6. The van der Waals surface area contributed by atoms with E-state index in [-0.39, 0.29) is 10.8 Å². The van der Waals surface area contributed by atoms with Crippen molar-refractivity contribution >= 4 is 15.9 Å². The molecule has 3 rings (SSSR count). The molecular formula is C22H22N2O4S. The zero-order valence-electron chi connectivity index (χ0n) is 15.9. The quantitative estimate of drug-likeness (QED) is 0.624. The minimum Gasteiger partial charge on any atom is -0.489 e. The van der Waals surface area contributed by atoms with Crippen LogP contribution in [0.3, 0.4) is 0 Å². The van der Waals surface area contributed by atoms with Crippen molar-refractivity contribution < 1.29 is 17.9 Å². The number of nitrogens with one attached hydrogen (secondary N) is 1. The fraction of sp³-hybridized carbons (Fsp3) is 0.136. The Morgan fingerprint density at radius 3 is 2.45 bits per heavy atom. The third-order valence-electron chi connectivity index (χ3n) is 4.38. The molecule has 0 aliphatic carbocycles. The molecule has 0 saturated carbocycles. The maximum Gasteiger partial charge on any atom is 0.251 e. The van der Waals surface area contributed by atoms with Gasteiger partial charge in [-0.15, -0.1) is 0 Å². The Balaban J connectivity index is 1.67. The standard InChI is InChI=1S/C22H22N2O4S/c1-16(18-9-6-12-21(14-18)29(23,26)27)24-22(25)19-10-5-11-20(13-19)28-15-17-7-3-2-4-8-17/h2-14,16H,15H2,1H3,(H,24,25)(H2,23,26,27). The summed E-state index contributed by atoms with van der Waals surface area (Å²) in [6.45, 7) is 2.18. The molecule has 0 bridgehead atoms. The van der Waals surface area contributed by atoms with Gasteiger partial charge in [0.2, 0.25) is 10.0 Å². The molecule has 0 saturated heterocycles. The highest BCUT2D eigenvalue weighted by molar-refractivity contribution is 7.89. The third-order valence-corrected chi connectivity index (χ3v) is 5.29. The molecule has 0 heterocycles. The van der Waals surface area contributed by atoms with Gasteiger partial charge >= 0.3 is 0 Å².